The van der Waals surface area contributed by atoms with Crippen molar-refractivity contribution in [3.05, 3.63) is 60.8 Å². The molecule has 0 saturated heterocycles. The number of hydrogen-bond acceptors (Lipinski definition) is 0. The first-order valence-electron chi connectivity index (χ1n) is 6.29. The Bertz CT molecular complexity index is 335. The first-order valence-corrected chi connectivity index (χ1v) is 6.29. The lowest BCUT2D eigenvalue weighted by atomic mass is 9.80. The van der Waals surface area contributed by atoms with Gasteiger partial charge in [-0.3, -0.25) is 0 Å². The van der Waals surface area contributed by atoms with Gasteiger partial charge in [0, 0.05) is 0 Å². The van der Waals surface area contributed by atoms with E-state index in [-0.39, 0.29) is 5.41 Å². The second-order valence-electron chi connectivity index (χ2n) is 4.84. The first kappa shape index (κ1) is 15.7. The van der Waals surface area contributed by atoms with E-state index in [2.05, 4.69) is 52.2 Å². The molecule has 0 radical (unpaired) electrons. The van der Waals surface area contributed by atoms with E-state index in [0.29, 0.717) is 0 Å². The van der Waals surface area contributed by atoms with Gasteiger partial charge in [-0.1, -0.05) is 63.8 Å². The summed E-state index contributed by atoms with van der Waals surface area (Å²) in [6.07, 6.45) is 14.5. The molecule has 17 heavy (non-hydrogen) atoms. The van der Waals surface area contributed by atoms with E-state index in [0.717, 1.165) is 18.4 Å². The Morgan fingerprint density at radius 2 is 1.88 bits per heavy atom. The molecule has 0 aliphatic rings. The lowest BCUT2D eigenvalue weighted by Crippen LogP contribution is -2.12. The van der Waals surface area contributed by atoms with Crippen LogP contribution in [0.2, 0.25) is 0 Å². The summed E-state index contributed by atoms with van der Waals surface area (Å²) in [5.41, 5.74) is 2.56. The maximum Gasteiger partial charge on any atom is -0.0106 e. The number of hydrogen-bond donors (Lipinski definition) is 0. The lowest BCUT2D eigenvalue weighted by molar-refractivity contribution is 0.439. The molecule has 0 aromatic heterocycles. The van der Waals surface area contributed by atoms with Crippen molar-refractivity contribution in [2.75, 3.05) is 0 Å². The molecule has 0 spiro atoms. The van der Waals surface area contributed by atoms with Crippen LogP contribution in [0.3, 0.4) is 0 Å². The second kappa shape index (κ2) is 7.89. The Kier molecular flexibility index (Phi) is 7.29. The molecule has 0 unspecified atom stereocenters. The van der Waals surface area contributed by atoms with E-state index >= 15 is 0 Å². The van der Waals surface area contributed by atoms with Crippen molar-refractivity contribution in [3.8, 4) is 0 Å². The summed E-state index contributed by atoms with van der Waals surface area (Å²) in [5.74, 6) is 0. The molecule has 0 bridgehead atoms. The molecule has 0 saturated carbocycles. The van der Waals surface area contributed by atoms with Crippen molar-refractivity contribution < 1.29 is 0 Å². The molecule has 0 amide bonds. The molecular weight excluding hydrogens is 204 g/mol. The monoisotopic (exact) mass is 230 g/mol. The normalized spacial score (nSPS) is 13.5. The first-order chi connectivity index (χ1) is 7.97. The largest absolute Gasteiger partial charge is 0.103 e. The van der Waals surface area contributed by atoms with Crippen LogP contribution in [0.15, 0.2) is 60.8 Å². The molecule has 0 aromatic carbocycles. The molecule has 0 atom stereocenters. The smallest absolute Gasteiger partial charge is 0.0106 e. The van der Waals surface area contributed by atoms with Gasteiger partial charge in [0.2, 0.25) is 0 Å². The van der Waals surface area contributed by atoms with Crippen molar-refractivity contribution in [1.82, 2.24) is 0 Å². The van der Waals surface area contributed by atoms with Crippen LogP contribution in [0, 0.1) is 5.41 Å². The zero-order valence-electron chi connectivity index (χ0n) is 11.8. The van der Waals surface area contributed by atoms with Gasteiger partial charge in [0.25, 0.3) is 0 Å². The minimum atomic E-state index is 0.183. The highest BCUT2D eigenvalue weighted by Gasteiger charge is 2.18. The fourth-order valence-electron chi connectivity index (χ4n) is 1.43. The van der Waals surface area contributed by atoms with Crippen molar-refractivity contribution in [2.45, 2.75) is 40.5 Å². The van der Waals surface area contributed by atoms with Crippen LogP contribution < -0.4 is 0 Å². The average Bonchev–Trinajstić information content (AvgIpc) is 2.28. The van der Waals surface area contributed by atoms with Crippen LogP contribution in [-0.2, 0) is 0 Å². The SMILES string of the molecule is C=CC/C=C\C(=C/C(=C)/C=C\C)C(C)(C)CC. The summed E-state index contributed by atoms with van der Waals surface area (Å²) in [6, 6.07) is 0. The maximum absolute atomic E-state index is 4.04. The molecule has 0 aromatic rings. The third kappa shape index (κ3) is 6.11. The number of allylic oxidation sites excluding steroid dienone is 8. The third-order valence-corrected chi connectivity index (χ3v) is 2.99. The molecule has 0 nitrogen and oxygen atoms in total. The summed E-state index contributed by atoms with van der Waals surface area (Å²) < 4.78 is 0. The van der Waals surface area contributed by atoms with Crippen LogP contribution in [-0.4, -0.2) is 0 Å². The van der Waals surface area contributed by atoms with Crippen molar-refractivity contribution in [3.63, 3.8) is 0 Å². The van der Waals surface area contributed by atoms with Gasteiger partial charge in [-0.05, 0) is 36.3 Å². The highest BCUT2D eigenvalue weighted by Crippen LogP contribution is 2.31. The van der Waals surface area contributed by atoms with Gasteiger partial charge in [0.1, 0.15) is 0 Å². The predicted octanol–water partition coefficient (Wildman–Crippen LogP) is 5.61. The van der Waals surface area contributed by atoms with Crippen molar-refractivity contribution in [2.24, 2.45) is 5.41 Å². The van der Waals surface area contributed by atoms with Crippen LogP contribution in [0.5, 0.6) is 0 Å². The Morgan fingerprint density at radius 1 is 1.24 bits per heavy atom. The van der Waals surface area contributed by atoms with Crippen LogP contribution in [0.25, 0.3) is 0 Å². The molecule has 0 rings (SSSR count). The third-order valence-electron chi connectivity index (χ3n) is 2.99. The van der Waals surface area contributed by atoms with Gasteiger partial charge in [0.05, 0.1) is 0 Å². The van der Waals surface area contributed by atoms with Gasteiger partial charge < -0.3 is 0 Å². The summed E-state index contributed by atoms with van der Waals surface area (Å²) in [7, 11) is 0. The fourth-order valence-corrected chi connectivity index (χ4v) is 1.43. The zero-order valence-corrected chi connectivity index (χ0v) is 11.8. The minimum Gasteiger partial charge on any atom is -0.103 e. The summed E-state index contributed by atoms with van der Waals surface area (Å²) >= 11 is 0. The van der Waals surface area contributed by atoms with Crippen molar-refractivity contribution >= 4 is 0 Å². The van der Waals surface area contributed by atoms with E-state index < -0.39 is 0 Å². The van der Waals surface area contributed by atoms with E-state index in [1.54, 1.807) is 0 Å². The Labute approximate surface area is 107 Å². The summed E-state index contributed by atoms with van der Waals surface area (Å²) in [6.45, 7) is 16.5. The van der Waals surface area contributed by atoms with Gasteiger partial charge in [-0.15, -0.1) is 6.58 Å². The Hall–Kier alpha value is -1.30. The topological polar surface area (TPSA) is 0 Å². The highest BCUT2D eigenvalue weighted by atomic mass is 14.2. The Morgan fingerprint density at radius 3 is 2.35 bits per heavy atom. The van der Waals surface area contributed by atoms with Crippen LogP contribution in [0.4, 0.5) is 0 Å². The molecule has 0 aliphatic carbocycles. The molecule has 0 fully saturated rings. The average molecular weight is 230 g/mol. The molecular formula is C17H26. The fraction of sp³-hybridized carbons (Fsp3) is 0.412. The van der Waals surface area contributed by atoms with Gasteiger partial charge in [-0.25, -0.2) is 0 Å². The van der Waals surface area contributed by atoms with Gasteiger partial charge in [-0.2, -0.15) is 0 Å². The maximum atomic E-state index is 4.04. The molecule has 0 aliphatic heterocycles. The Balaban J connectivity index is 5.10. The standard InChI is InChI=1S/C17H26/c1-7-10-11-13-16(17(5,6)9-3)14-15(4)12-8-2/h7-8,11-14H,1,4,9-10H2,2-3,5-6H3/b12-8-,13-11-,16-14+. The summed E-state index contributed by atoms with van der Waals surface area (Å²) in [4.78, 5) is 0. The quantitative estimate of drug-likeness (QED) is 0.393. The molecule has 0 heterocycles. The molecule has 0 heteroatoms. The number of rotatable bonds is 7. The van der Waals surface area contributed by atoms with E-state index in [4.69, 9.17) is 0 Å². The van der Waals surface area contributed by atoms with Gasteiger partial charge >= 0.3 is 0 Å². The zero-order chi connectivity index (χ0) is 13.3. The van der Waals surface area contributed by atoms with Crippen LogP contribution in [0.1, 0.15) is 40.5 Å². The van der Waals surface area contributed by atoms with Gasteiger partial charge in [0.15, 0.2) is 0 Å². The molecule has 94 valence electrons. The minimum absolute atomic E-state index is 0.183. The van der Waals surface area contributed by atoms with Crippen LogP contribution >= 0.6 is 0 Å². The molecule has 0 N–H and O–H groups in total. The second-order valence-corrected chi connectivity index (χ2v) is 4.84. The van der Waals surface area contributed by atoms with E-state index in [1.165, 1.54) is 5.57 Å². The van der Waals surface area contributed by atoms with Crippen molar-refractivity contribution in [1.29, 1.82) is 0 Å². The van der Waals surface area contributed by atoms with E-state index in [9.17, 15) is 0 Å². The lowest BCUT2D eigenvalue weighted by Gasteiger charge is -2.24. The van der Waals surface area contributed by atoms with E-state index in [1.807, 2.05) is 25.2 Å². The predicted molar refractivity (Wildman–Crippen MR) is 80.1 cm³/mol. The summed E-state index contributed by atoms with van der Waals surface area (Å²) in [5, 5.41) is 0. The highest BCUT2D eigenvalue weighted by molar-refractivity contribution is 5.37.